The average molecular weight is 453 g/mol. The summed E-state index contributed by atoms with van der Waals surface area (Å²) in [6.07, 6.45) is 3.13. The van der Waals surface area contributed by atoms with Crippen molar-refractivity contribution < 1.29 is 14.0 Å². The van der Waals surface area contributed by atoms with Crippen LogP contribution >= 0.6 is 23.4 Å². The predicted octanol–water partition coefficient (Wildman–Crippen LogP) is 4.34. The van der Waals surface area contributed by atoms with Crippen LogP contribution in [0.2, 0.25) is 5.02 Å². The fourth-order valence-corrected chi connectivity index (χ4v) is 3.88. The molecule has 4 rings (SSSR count). The first-order chi connectivity index (χ1) is 15.1. The molecule has 0 spiro atoms. The van der Waals surface area contributed by atoms with Crippen molar-refractivity contribution in [3.05, 3.63) is 90.0 Å². The van der Waals surface area contributed by atoms with E-state index in [0.29, 0.717) is 10.2 Å². The van der Waals surface area contributed by atoms with E-state index in [1.54, 1.807) is 18.3 Å². The normalized spacial score (nSPS) is 10.6. The van der Waals surface area contributed by atoms with Gasteiger partial charge in [0, 0.05) is 5.56 Å². The summed E-state index contributed by atoms with van der Waals surface area (Å²) in [4.78, 5) is 28.6. The molecule has 0 bridgehead atoms. The van der Waals surface area contributed by atoms with Crippen LogP contribution in [0.5, 0.6) is 0 Å². The first kappa shape index (κ1) is 20.8. The number of carbonyl (C=O) groups excluding carboxylic acids is 2. The number of hydrazine groups is 1. The van der Waals surface area contributed by atoms with Gasteiger partial charge < -0.3 is 4.42 Å². The van der Waals surface area contributed by atoms with Crippen molar-refractivity contribution in [1.29, 1.82) is 0 Å². The number of para-hydroxylation sites is 1. The van der Waals surface area contributed by atoms with Crippen LogP contribution in [0, 0.1) is 0 Å². The van der Waals surface area contributed by atoms with Gasteiger partial charge in [-0.15, -0.1) is 0 Å². The SMILES string of the molecule is O=C(CSc1ncc(-c2ccccc2)n1-c1ccccc1Cl)NNC(=O)c1ccco1. The van der Waals surface area contributed by atoms with Crippen molar-refractivity contribution in [3.63, 3.8) is 0 Å². The highest BCUT2D eigenvalue weighted by atomic mass is 35.5. The first-order valence-electron chi connectivity index (χ1n) is 9.27. The van der Waals surface area contributed by atoms with Gasteiger partial charge in [0.25, 0.3) is 0 Å². The molecule has 0 aliphatic carbocycles. The largest absolute Gasteiger partial charge is 0.459 e. The summed E-state index contributed by atoms with van der Waals surface area (Å²) in [5, 5.41) is 1.16. The third-order valence-electron chi connectivity index (χ3n) is 4.29. The van der Waals surface area contributed by atoms with Crippen molar-refractivity contribution in [1.82, 2.24) is 20.4 Å². The Morgan fingerprint density at radius 2 is 1.77 bits per heavy atom. The van der Waals surface area contributed by atoms with E-state index in [1.165, 1.54) is 24.1 Å². The van der Waals surface area contributed by atoms with Crippen LogP contribution in [-0.2, 0) is 4.79 Å². The molecule has 9 heteroatoms. The summed E-state index contributed by atoms with van der Waals surface area (Å²) in [6, 6.07) is 20.3. The quantitative estimate of drug-likeness (QED) is 0.335. The smallest absolute Gasteiger partial charge is 0.305 e. The minimum atomic E-state index is -0.535. The van der Waals surface area contributed by atoms with Gasteiger partial charge in [0.2, 0.25) is 5.91 Å². The zero-order valence-corrected chi connectivity index (χ0v) is 17.7. The van der Waals surface area contributed by atoms with Crippen molar-refractivity contribution in [2.45, 2.75) is 5.16 Å². The molecule has 7 nitrogen and oxygen atoms in total. The number of carbonyl (C=O) groups is 2. The Morgan fingerprint density at radius 1 is 1.00 bits per heavy atom. The van der Waals surface area contributed by atoms with Crippen molar-refractivity contribution in [3.8, 4) is 16.9 Å². The molecule has 0 saturated heterocycles. The molecule has 4 aromatic rings. The molecule has 0 aliphatic rings. The van der Waals surface area contributed by atoms with E-state index >= 15 is 0 Å². The molecule has 0 atom stereocenters. The highest BCUT2D eigenvalue weighted by Gasteiger charge is 2.17. The van der Waals surface area contributed by atoms with Gasteiger partial charge in [0.05, 0.1) is 34.6 Å². The molecule has 2 heterocycles. The van der Waals surface area contributed by atoms with Crippen LogP contribution in [-0.4, -0.2) is 27.1 Å². The summed E-state index contributed by atoms with van der Waals surface area (Å²) in [7, 11) is 0. The summed E-state index contributed by atoms with van der Waals surface area (Å²) in [5.74, 6) is -0.782. The average Bonchev–Trinajstić information content (AvgIpc) is 3.47. The number of nitrogens with one attached hydrogen (secondary N) is 2. The molecule has 0 radical (unpaired) electrons. The highest BCUT2D eigenvalue weighted by Crippen LogP contribution is 2.32. The second-order valence-electron chi connectivity index (χ2n) is 6.35. The van der Waals surface area contributed by atoms with Gasteiger partial charge in [0.1, 0.15) is 0 Å². The number of amides is 2. The van der Waals surface area contributed by atoms with Gasteiger partial charge in [-0.25, -0.2) is 4.98 Å². The number of benzene rings is 2. The summed E-state index contributed by atoms with van der Waals surface area (Å²) < 4.78 is 6.90. The zero-order chi connectivity index (χ0) is 21.6. The number of rotatable bonds is 6. The summed E-state index contributed by atoms with van der Waals surface area (Å²) in [6.45, 7) is 0. The van der Waals surface area contributed by atoms with Crippen LogP contribution in [0.4, 0.5) is 0 Å². The number of furan rings is 1. The lowest BCUT2D eigenvalue weighted by Crippen LogP contribution is -2.42. The number of hydrogen-bond donors (Lipinski definition) is 2. The van der Waals surface area contributed by atoms with E-state index in [4.69, 9.17) is 16.0 Å². The molecule has 0 fully saturated rings. The maximum Gasteiger partial charge on any atom is 0.305 e. The first-order valence-corrected chi connectivity index (χ1v) is 10.6. The number of hydrogen-bond acceptors (Lipinski definition) is 5. The molecule has 0 saturated carbocycles. The Hall–Kier alpha value is -3.49. The summed E-state index contributed by atoms with van der Waals surface area (Å²) in [5.41, 5.74) is 7.26. The van der Waals surface area contributed by atoms with Crippen molar-refractivity contribution in [2.24, 2.45) is 0 Å². The fourth-order valence-electron chi connectivity index (χ4n) is 2.88. The van der Waals surface area contributed by atoms with Crippen molar-refractivity contribution >= 4 is 35.2 Å². The molecule has 2 amide bonds. The van der Waals surface area contributed by atoms with Gasteiger partial charge in [0.15, 0.2) is 10.9 Å². The maximum atomic E-state index is 12.2. The van der Waals surface area contributed by atoms with Crippen LogP contribution in [0.1, 0.15) is 10.6 Å². The molecular formula is C22H17ClN4O3S. The lowest BCUT2D eigenvalue weighted by atomic mass is 10.1. The lowest BCUT2D eigenvalue weighted by Gasteiger charge is -2.13. The standard InChI is InChI=1S/C22H17ClN4O3S/c23-16-9-4-5-10-17(16)27-18(15-7-2-1-3-8-15)13-24-22(27)31-14-20(28)25-26-21(29)19-11-6-12-30-19/h1-13H,14H2,(H,25,28)(H,26,29). The zero-order valence-electron chi connectivity index (χ0n) is 16.1. The molecule has 2 aromatic carbocycles. The fraction of sp³-hybridized carbons (Fsp3) is 0.0455. The number of nitrogens with zero attached hydrogens (tertiary/aromatic N) is 2. The second-order valence-corrected chi connectivity index (χ2v) is 7.70. The van der Waals surface area contributed by atoms with E-state index in [9.17, 15) is 9.59 Å². The Kier molecular flexibility index (Phi) is 6.40. The maximum absolute atomic E-state index is 12.2. The minimum absolute atomic E-state index is 0.0358. The monoisotopic (exact) mass is 452 g/mol. The lowest BCUT2D eigenvalue weighted by molar-refractivity contribution is -0.119. The highest BCUT2D eigenvalue weighted by molar-refractivity contribution is 7.99. The van der Waals surface area contributed by atoms with Gasteiger partial charge in [-0.05, 0) is 24.3 Å². The number of halogens is 1. The van der Waals surface area contributed by atoms with Gasteiger partial charge in [-0.1, -0.05) is 65.8 Å². The molecule has 2 N–H and O–H groups in total. The van der Waals surface area contributed by atoms with Crippen LogP contribution < -0.4 is 10.9 Å². The van der Waals surface area contributed by atoms with E-state index < -0.39 is 5.91 Å². The van der Waals surface area contributed by atoms with Gasteiger partial charge in [-0.3, -0.25) is 25.0 Å². The van der Waals surface area contributed by atoms with Crippen LogP contribution in [0.25, 0.3) is 16.9 Å². The summed E-state index contributed by atoms with van der Waals surface area (Å²) >= 11 is 7.68. The third-order valence-corrected chi connectivity index (χ3v) is 5.56. The second kappa shape index (κ2) is 9.55. The van der Waals surface area contributed by atoms with Crippen LogP contribution in [0.3, 0.4) is 0 Å². The van der Waals surface area contributed by atoms with Crippen LogP contribution in [0.15, 0.2) is 88.8 Å². The molecular weight excluding hydrogens is 436 g/mol. The third kappa shape index (κ3) is 4.82. The Balaban J connectivity index is 1.52. The molecule has 2 aromatic heterocycles. The van der Waals surface area contributed by atoms with E-state index in [1.807, 2.05) is 53.1 Å². The Morgan fingerprint density at radius 3 is 2.52 bits per heavy atom. The molecule has 0 aliphatic heterocycles. The number of imidazole rings is 1. The van der Waals surface area contributed by atoms with E-state index in [0.717, 1.165) is 16.9 Å². The Labute approximate surface area is 187 Å². The van der Waals surface area contributed by atoms with Gasteiger partial charge >= 0.3 is 5.91 Å². The molecule has 31 heavy (non-hydrogen) atoms. The predicted molar refractivity (Wildman–Crippen MR) is 119 cm³/mol. The molecule has 0 unspecified atom stereocenters. The minimum Gasteiger partial charge on any atom is -0.459 e. The topological polar surface area (TPSA) is 89.2 Å². The number of aromatic nitrogens is 2. The van der Waals surface area contributed by atoms with E-state index in [2.05, 4.69) is 15.8 Å². The Bertz CT molecular complexity index is 1190. The molecule has 156 valence electrons. The van der Waals surface area contributed by atoms with Crippen molar-refractivity contribution in [2.75, 3.05) is 5.75 Å². The van der Waals surface area contributed by atoms with E-state index in [-0.39, 0.29) is 17.4 Å². The number of thioether (sulfide) groups is 1. The van der Waals surface area contributed by atoms with Gasteiger partial charge in [-0.2, -0.15) is 0 Å².